The molecule has 0 aromatic heterocycles. The van der Waals surface area contributed by atoms with Gasteiger partial charge in [-0.15, -0.1) is 0 Å². The second kappa shape index (κ2) is 5.76. The van der Waals surface area contributed by atoms with Gasteiger partial charge in [-0.2, -0.15) is 0 Å². The van der Waals surface area contributed by atoms with E-state index in [0.717, 1.165) is 19.4 Å². The summed E-state index contributed by atoms with van der Waals surface area (Å²) in [5.41, 5.74) is 0. The molecule has 0 aromatic rings. The average molecular weight is 129 g/mol. The van der Waals surface area contributed by atoms with Crippen LogP contribution in [0.25, 0.3) is 0 Å². The van der Waals surface area contributed by atoms with Crippen LogP contribution in [0.1, 0.15) is 26.2 Å². The molecular formula is C7H15NO. The van der Waals surface area contributed by atoms with Gasteiger partial charge in [0.15, 0.2) is 0 Å². The molecule has 0 bridgehead atoms. The van der Waals surface area contributed by atoms with E-state index in [2.05, 4.69) is 5.32 Å². The van der Waals surface area contributed by atoms with E-state index >= 15 is 0 Å². The molecular weight excluding hydrogens is 114 g/mol. The van der Waals surface area contributed by atoms with Crippen molar-refractivity contribution in [2.75, 3.05) is 13.6 Å². The van der Waals surface area contributed by atoms with Gasteiger partial charge in [0.1, 0.15) is 5.78 Å². The summed E-state index contributed by atoms with van der Waals surface area (Å²) in [5, 5.41) is 2.99. The predicted molar refractivity (Wildman–Crippen MR) is 38.5 cm³/mol. The zero-order chi connectivity index (χ0) is 7.11. The number of Topliss-reactive ketones (excluding diaryl/α,β-unsaturated/α-hetero) is 1. The lowest BCUT2D eigenvalue weighted by molar-refractivity contribution is -0.118. The predicted octanol–water partition coefficient (Wildman–Crippen LogP) is 0.965. The third-order valence-electron chi connectivity index (χ3n) is 1.28. The van der Waals surface area contributed by atoms with Gasteiger partial charge in [-0.3, -0.25) is 4.79 Å². The van der Waals surface area contributed by atoms with Gasteiger partial charge >= 0.3 is 0 Å². The second-order valence-corrected chi connectivity index (χ2v) is 2.10. The van der Waals surface area contributed by atoms with Crippen LogP contribution in [0.3, 0.4) is 0 Å². The lowest BCUT2D eigenvalue weighted by Crippen LogP contribution is -2.09. The maximum Gasteiger partial charge on any atom is 0.132 e. The molecule has 0 aliphatic carbocycles. The second-order valence-electron chi connectivity index (χ2n) is 2.10. The molecule has 0 aliphatic heterocycles. The third-order valence-corrected chi connectivity index (χ3v) is 1.28. The topological polar surface area (TPSA) is 29.1 Å². The van der Waals surface area contributed by atoms with Crippen molar-refractivity contribution >= 4 is 5.78 Å². The van der Waals surface area contributed by atoms with Crippen molar-refractivity contribution in [3.8, 4) is 0 Å². The van der Waals surface area contributed by atoms with Gasteiger partial charge in [-0.1, -0.05) is 6.92 Å². The van der Waals surface area contributed by atoms with Crippen molar-refractivity contribution in [2.24, 2.45) is 0 Å². The molecule has 0 fully saturated rings. The number of carbonyl (C=O) groups is 1. The van der Waals surface area contributed by atoms with Crippen molar-refractivity contribution < 1.29 is 4.79 Å². The Labute approximate surface area is 56.6 Å². The summed E-state index contributed by atoms with van der Waals surface area (Å²) in [6, 6.07) is 0. The van der Waals surface area contributed by atoms with Gasteiger partial charge in [0.2, 0.25) is 0 Å². The van der Waals surface area contributed by atoms with Crippen LogP contribution in [-0.4, -0.2) is 19.4 Å². The number of hydrogen-bond acceptors (Lipinski definition) is 2. The van der Waals surface area contributed by atoms with E-state index in [4.69, 9.17) is 0 Å². The molecule has 1 N–H and O–H groups in total. The molecule has 0 spiro atoms. The third kappa shape index (κ3) is 5.50. The van der Waals surface area contributed by atoms with Crippen molar-refractivity contribution in [1.82, 2.24) is 5.32 Å². The Hall–Kier alpha value is -0.370. The van der Waals surface area contributed by atoms with Crippen molar-refractivity contribution in [3.63, 3.8) is 0 Å². The summed E-state index contributed by atoms with van der Waals surface area (Å²) >= 11 is 0. The van der Waals surface area contributed by atoms with Crippen molar-refractivity contribution in [3.05, 3.63) is 0 Å². The Morgan fingerprint density at radius 1 is 1.56 bits per heavy atom. The normalized spacial score (nSPS) is 9.56. The number of carbonyl (C=O) groups excluding carboxylic acids is 1. The number of rotatable bonds is 5. The molecule has 2 heteroatoms. The standard InChI is InChI=1S/C7H15NO/c1-3-7(9)5-4-6-8-2/h8H,3-6H2,1-2H3. The first-order chi connectivity index (χ1) is 4.31. The van der Waals surface area contributed by atoms with Crippen LogP contribution in [0.2, 0.25) is 0 Å². The average Bonchev–Trinajstić information content (AvgIpc) is 1.89. The minimum Gasteiger partial charge on any atom is -0.320 e. The fourth-order valence-electron chi connectivity index (χ4n) is 0.639. The highest BCUT2D eigenvalue weighted by Gasteiger charge is 1.94. The number of hydrogen-bond donors (Lipinski definition) is 1. The van der Waals surface area contributed by atoms with Gasteiger partial charge in [0, 0.05) is 12.8 Å². The molecule has 0 saturated heterocycles. The highest BCUT2D eigenvalue weighted by molar-refractivity contribution is 5.77. The van der Waals surface area contributed by atoms with Crippen LogP contribution >= 0.6 is 0 Å². The van der Waals surface area contributed by atoms with Crippen LogP contribution in [0, 0.1) is 0 Å². The van der Waals surface area contributed by atoms with Crippen molar-refractivity contribution in [2.45, 2.75) is 26.2 Å². The fraction of sp³-hybridized carbons (Fsp3) is 0.857. The molecule has 0 aliphatic rings. The van der Waals surface area contributed by atoms with Crippen LogP contribution in [0.15, 0.2) is 0 Å². The Bertz CT molecular complexity index is 81.0. The summed E-state index contributed by atoms with van der Waals surface area (Å²) in [7, 11) is 1.90. The van der Waals surface area contributed by atoms with Crippen LogP contribution in [0.5, 0.6) is 0 Å². The molecule has 0 rings (SSSR count). The van der Waals surface area contributed by atoms with Crippen LogP contribution in [-0.2, 0) is 4.79 Å². The Morgan fingerprint density at radius 3 is 2.67 bits per heavy atom. The van der Waals surface area contributed by atoms with Gasteiger partial charge < -0.3 is 5.32 Å². The minimum atomic E-state index is 0.366. The first-order valence-corrected chi connectivity index (χ1v) is 3.47. The molecule has 54 valence electrons. The summed E-state index contributed by atoms with van der Waals surface area (Å²) in [6.45, 7) is 2.85. The smallest absolute Gasteiger partial charge is 0.132 e. The van der Waals surface area contributed by atoms with Crippen molar-refractivity contribution in [1.29, 1.82) is 0 Å². The fourth-order valence-corrected chi connectivity index (χ4v) is 0.639. The minimum absolute atomic E-state index is 0.366. The Balaban J connectivity index is 2.97. The number of ketones is 1. The quantitative estimate of drug-likeness (QED) is 0.560. The van der Waals surface area contributed by atoms with Crippen LogP contribution < -0.4 is 5.32 Å². The lowest BCUT2D eigenvalue weighted by Gasteiger charge is -1.95. The summed E-state index contributed by atoms with van der Waals surface area (Å²) in [6.07, 6.45) is 2.39. The Morgan fingerprint density at radius 2 is 2.22 bits per heavy atom. The van der Waals surface area contributed by atoms with E-state index in [1.807, 2.05) is 14.0 Å². The first kappa shape index (κ1) is 8.63. The van der Waals surface area contributed by atoms with E-state index in [1.165, 1.54) is 0 Å². The van der Waals surface area contributed by atoms with Gasteiger partial charge in [-0.05, 0) is 20.0 Å². The van der Waals surface area contributed by atoms with E-state index in [1.54, 1.807) is 0 Å². The highest BCUT2D eigenvalue weighted by Crippen LogP contribution is 1.91. The monoisotopic (exact) mass is 129 g/mol. The molecule has 9 heavy (non-hydrogen) atoms. The SMILES string of the molecule is CCC(=O)CCCNC. The van der Waals surface area contributed by atoms with Gasteiger partial charge in [0.05, 0.1) is 0 Å². The van der Waals surface area contributed by atoms with E-state index in [9.17, 15) is 4.79 Å². The zero-order valence-corrected chi connectivity index (χ0v) is 6.24. The molecule has 0 radical (unpaired) electrons. The first-order valence-electron chi connectivity index (χ1n) is 3.47. The molecule has 0 saturated carbocycles. The molecule has 0 heterocycles. The maximum atomic E-state index is 10.7. The number of nitrogens with one attached hydrogen (secondary N) is 1. The molecule has 0 unspecified atom stereocenters. The lowest BCUT2D eigenvalue weighted by atomic mass is 10.2. The zero-order valence-electron chi connectivity index (χ0n) is 6.24. The van der Waals surface area contributed by atoms with Gasteiger partial charge in [-0.25, -0.2) is 0 Å². The van der Waals surface area contributed by atoms with Gasteiger partial charge in [0.25, 0.3) is 0 Å². The largest absolute Gasteiger partial charge is 0.320 e. The summed E-state index contributed by atoms with van der Waals surface area (Å²) < 4.78 is 0. The summed E-state index contributed by atoms with van der Waals surface area (Å²) in [5.74, 6) is 0.366. The molecule has 0 aromatic carbocycles. The molecule has 0 amide bonds. The summed E-state index contributed by atoms with van der Waals surface area (Å²) in [4.78, 5) is 10.7. The van der Waals surface area contributed by atoms with E-state index < -0.39 is 0 Å². The van der Waals surface area contributed by atoms with E-state index in [-0.39, 0.29) is 0 Å². The molecule has 2 nitrogen and oxygen atoms in total. The Kier molecular flexibility index (Phi) is 5.52. The van der Waals surface area contributed by atoms with E-state index in [0.29, 0.717) is 12.2 Å². The highest BCUT2D eigenvalue weighted by atomic mass is 16.1. The molecule has 0 atom stereocenters. The maximum absolute atomic E-state index is 10.7. The van der Waals surface area contributed by atoms with Crippen LogP contribution in [0.4, 0.5) is 0 Å².